The summed E-state index contributed by atoms with van der Waals surface area (Å²) in [6.07, 6.45) is 4.32. The molecule has 0 amide bonds. The van der Waals surface area contributed by atoms with Gasteiger partial charge in [0, 0.05) is 24.8 Å². The molecule has 3 heteroatoms. The van der Waals surface area contributed by atoms with Gasteiger partial charge in [0.1, 0.15) is 6.10 Å². The molecule has 1 saturated carbocycles. The van der Waals surface area contributed by atoms with Crippen molar-refractivity contribution in [1.29, 1.82) is 0 Å². The number of hydrogen-bond acceptors (Lipinski definition) is 3. The highest BCUT2D eigenvalue weighted by molar-refractivity contribution is 5.26. The zero-order chi connectivity index (χ0) is 15.7. The van der Waals surface area contributed by atoms with E-state index < -0.39 is 0 Å². The standard InChI is InChI=1S/C18H30N2O/c1-17(2,3)12-20-14-10-15(11-14)21-16-9-13(7-8-19-16)18(4,5)6/h7-9,14-15,20H,10-12H2,1-6H3/t14-,15+. The average molecular weight is 290 g/mol. The van der Waals surface area contributed by atoms with Crippen LogP contribution in [0.15, 0.2) is 18.3 Å². The maximum absolute atomic E-state index is 6.00. The smallest absolute Gasteiger partial charge is 0.213 e. The summed E-state index contributed by atoms with van der Waals surface area (Å²) < 4.78 is 6.00. The second kappa shape index (κ2) is 5.96. The fraction of sp³-hybridized carbons (Fsp3) is 0.722. The molecule has 1 aromatic heterocycles. The molecule has 0 aromatic carbocycles. The monoisotopic (exact) mass is 290 g/mol. The summed E-state index contributed by atoms with van der Waals surface area (Å²) in [5.74, 6) is 0.765. The molecule has 118 valence electrons. The van der Waals surface area contributed by atoms with Gasteiger partial charge in [0.2, 0.25) is 5.88 Å². The Morgan fingerprint density at radius 1 is 1.19 bits per heavy atom. The van der Waals surface area contributed by atoms with Gasteiger partial charge >= 0.3 is 0 Å². The number of nitrogens with one attached hydrogen (secondary N) is 1. The number of pyridine rings is 1. The molecule has 0 radical (unpaired) electrons. The Morgan fingerprint density at radius 2 is 1.86 bits per heavy atom. The Kier molecular flexibility index (Phi) is 4.62. The third kappa shape index (κ3) is 4.99. The van der Waals surface area contributed by atoms with E-state index in [1.54, 1.807) is 0 Å². The van der Waals surface area contributed by atoms with Crippen molar-refractivity contribution in [3.63, 3.8) is 0 Å². The summed E-state index contributed by atoms with van der Waals surface area (Å²) in [6.45, 7) is 14.5. The summed E-state index contributed by atoms with van der Waals surface area (Å²) in [6, 6.07) is 4.75. The van der Waals surface area contributed by atoms with E-state index in [-0.39, 0.29) is 5.41 Å². The maximum Gasteiger partial charge on any atom is 0.213 e. The Bertz CT molecular complexity index is 465. The molecule has 0 spiro atoms. The van der Waals surface area contributed by atoms with Crippen molar-refractivity contribution in [3.8, 4) is 5.88 Å². The van der Waals surface area contributed by atoms with Crippen LogP contribution < -0.4 is 10.1 Å². The molecular weight excluding hydrogens is 260 g/mol. The quantitative estimate of drug-likeness (QED) is 0.912. The van der Waals surface area contributed by atoms with Crippen molar-refractivity contribution in [1.82, 2.24) is 10.3 Å². The first-order valence-corrected chi connectivity index (χ1v) is 8.00. The van der Waals surface area contributed by atoms with Gasteiger partial charge in [0.05, 0.1) is 0 Å². The van der Waals surface area contributed by atoms with Crippen LogP contribution in [0.4, 0.5) is 0 Å². The topological polar surface area (TPSA) is 34.1 Å². The van der Waals surface area contributed by atoms with E-state index in [0.29, 0.717) is 17.6 Å². The van der Waals surface area contributed by atoms with Crippen molar-refractivity contribution in [2.75, 3.05) is 6.54 Å². The number of aromatic nitrogens is 1. The highest BCUT2D eigenvalue weighted by atomic mass is 16.5. The fourth-order valence-corrected chi connectivity index (χ4v) is 2.39. The SMILES string of the molecule is CC(C)(C)CN[C@H]1C[C@@H](Oc2cc(C(C)(C)C)ccn2)C1. The van der Waals surface area contributed by atoms with Crippen LogP contribution in [0.25, 0.3) is 0 Å². The second-order valence-corrected chi connectivity index (χ2v) is 8.48. The number of nitrogens with zero attached hydrogens (tertiary/aromatic N) is 1. The van der Waals surface area contributed by atoms with E-state index in [1.165, 1.54) is 5.56 Å². The fourth-order valence-electron chi connectivity index (χ4n) is 2.39. The van der Waals surface area contributed by atoms with Gasteiger partial charge < -0.3 is 10.1 Å². The normalized spacial score (nSPS) is 22.8. The van der Waals surface area contributed by atoms with Crippen LogP contribution in [0, 0.1) is 5.41 Å². The van der Waals surface area contributed by atoms with Crippen LogP contribution in [0.2, 0.25) is 0 Å². The van der Waals surface area contributed by atoms with Crippen molar-refractivity contribution in [2.45, 2.75) is 71.9 Å². The lowest BCUT2D eigenvalue weighted by molar-refractivity contribution is 0.0763. The van der Waals surface area contributed by atoms with Gasteiger partial charge in [-0.05, 0) is 35.3 Å². The lowest BCUT2D eigenvalue weighted by atomic mass is 9.87. The third-order valence-corrected chi connectivity index (χ3v) is 3.90. The molecule has 2 rings (SSSR count). The van der Waals surface area contributed by atoms with Gasteiger partial charge in [-0.1, -0.05) is 41.5 Å². The number of ether oxygens (including phenoxy) is 1. The second-order valence-electron chi connectivity index (χ2n) is 8.48. The minimum atomic E-state index is 0.136. The van der Waals surface area contributed by atoms with Crippen molar-refractivity contribution >= 4 is 0 Å². The Balaban J connectivity index is 1.80. The van der Waals surface area contributed by atoms with Crippen molar-refractivity contribution < 1.29 is 4.74 Å². The largest absolute Gasteiger partial charge is 0.474 e. The molecule has 1 N–H and O–H groups in total. The van der Waals surface area contributed by atoms with E-state index in [9.17, 15) is 0 Å². The Labute approximate surface area is 129 Å². The number of rotatable bonds is 4. The molecule has 0 aliphatic heterocycles. The lowest BCUT2D eigenvalue weighted by Gasteiger charge is -2.37. The van der Waals surface area contributed by atoms with E-state index in [0.717, 1.165) is 25.3 Å². The van der Waals surface area contributed by atoms with Crippen molar-refractivity contribution in [3.05, 3.63) is 23.9 Å². The van der Waals surface area contributed by atoms with Gasteiger partial charge in [-0.15, -0.1) is 0 Å². The molecule has 1 aromatic rings. The molecule has 0 saturated heterocycles. The molecule has 1 aliphatic carbocycles. The third-order valence-electron chi connectivity index (χ3n) is 3.90. The zero-order valence-corrected chi connectivity index (χ0v) is 14.4. The van der Waals surface area contributed by atoms with Crippen LogP contribution in [0.3, 0.4) is 0 Å². The minimum Gasteiger partial charge on any atom is -0.474 e. The summed E-state index contributed by atoms with van der Waals surface area (Å²) >= 11 is 0. The molecular formula is C18H30N2O. The van der Waals surface area contributed by atoms with Crippen LogP contribution in [0.1, 0.15) is 59.9 Å². The van der Waals surface area contributed by atoms with Gasteiger partial charge in [-0.3, -0.25) is 0 Å². The summed E-state index contributed by atoms with van der Waals surface area (Å²) in [4.78, 5) is 4.34. The van der Waals surface area contributed by atoms with Gasteiger partial charge in [-0.25, -0.2) is 4.98 Å². The molecule has 21 heavy (non-hydrogen) atoms. The molecule has 1 aliphatic rings. The molecule has 0 atom stereocenters. The predicted molar refractivity (Wildman–Crippen MR) is 87.8 cm³/mol. The molecule has 0 unspecified atom stereocenters. The summed E-state index contributed by atoms with van der Waals surface area (Å²) in [7, 11) is 0. The van der Waals surface area contributed by atoms with Gasteiger partial charge in [-0.2, -0.15) is 0 Å². The lowest BCUT2D eigenvalue weighted by Crippen LogP contribution is -2.49. The van der Waals surface area contributed by atoms with Gasteiger partial charge in [0.25, 0.3) is 0 Å². The van der Waals surface area contributed by atoms with Crippen LogP contribution in [0.5, 0.6) is 5.88 Å². The average Bonchev–Trinajstić information content (AvgIpc) is 2.30. The highest BCUT2D eigenvalue weighted by Gasteiger charge is 2.31. The van der Waals surface area contributed by atoms with Gasteiger partial charge in [0.15, 0.2) is 0 Å². The minimum absolute atomic E-state index is 0.136. The van der Waals surface area contributed by atoms with E-state index in [2.05, 4.69) is 64.0 Å². The Hall–Kier alpha value is -1.09. The summed E-state index contributed by atoms with van der Waals surface area (Å²) in [5.41, 5.74) is 1.75. The predicted octanol–water partition coefficient (Wildman–Crippen LogP) is 3.92. The first-order valence-electron chi connectivity index (χ1n) is 8.00. The Morgan fingerprint density at radius 3 is 2.43 bits per heavy atom. The highest BCUT2D eigenvalue weighted by Crippen LogP contribution is 2.28. The first kappa shape index (κ1) is 16.3. The first-order chi connectivity index (χ1) is 9.63. The van der Waals surface area contributed by atoms with Crippen LogP contribution >= 0.6 is 0 Å². The molecule has 0 bridgehead atoms. The van der Waals surface area contributed by atoms with Crippen LogP contribution in [-0.4, -0.2) is 23.7 Å². The maximum atomic E-state index is 6.00. The van der Waals surface area contributed by atoms with E-state index in [4.69, 9.17) is 4.74 Å². The number of hydrogen-bond donors (Lipinski definition) is 1. The summed E-state index contributed by atoms with van der Waals surface area (Å²) in [5, 5.41) is 3.61. The molecule has 1 fully saturated rings. The van der Waals surface area contributed by atoms with E-state index >= 15 is 0 Å². The van der Waals surface area contributed by atoms with E-state index in [1.807, 2.05) is 6.20 Å². The zero-order valence-electron chi connectivity index (χ0n) is 14.4. The van der Waals surface area contributed by atoms with Crippen molar-refractivity contribution in [2.24, 2.45) is 5.41 Å². The van der Waals surface area contributed by atoms with Crippen LogP contribution in [-0.2, 0) is 5.41 Å². The molecule has 1 heterocycles. The molecule has 3 nitrogen and oxygen atoms in total.